The van der Waals surface area contributed by atoms with Crippen molar-refractivity contribution in [2.75, 3.05) is 37.7 Å². The van der Waals surface area contributed by atoms with Gasteiger partial charge in [-0.3, -0.25) is 4.79 Å². The van der Waals surface area contributed by atoms with Gasteiger partial charge >= 0.3 is 0 Å². The minimum absolute atomic E-state index is 0.142. The lowest BCUT2D eigenvalue weighted by molar-refractivity contribution is -0.133. The van der Waals surface area contributed by atoms with Crippen LogP contribution in [0, 0.1) is 6.92 Å². The number of hydrogen-bond acceptors (Lipinski definition) is 6. The van der Waals surface area contributed by atoms with Crippen LogP contribution in [0.2, 0.25) is 0 Å². The predicted molar refractivity (Wildman–Crippen MR) is 135 cm³/mol. The van der Waals surface area contributed by atoms with Gasteiger partial charge in [-0.25, -0.2) is 4.98 Å². The van der Waals surface area contributed by atoms with E-state index in [1.54, 1.807) is 0 Å². The third kappa shape index (κ3) is 5.15. The molecule has 1 unspecified atom stereocenters. The second-order valence-electron chi connectivity index (χ2n) is 9.15. The number of aromatic nitrogens is 2. The number of hydrogen-bond donors (Lipinski definition) is 0. The minimum Gasteiger partial charge on any atom is -0.438 e. The lowest BCUT2D eigenvalue weighted by Crippen LogP contribution is -2.41. The highest BCUT2D eigenvalue weighted by Gasteiger charge is 2.31. The molecule has 2 aliphatic heterocycles. The number of amides is 1. The fourth-order valence-electron chi connectivity index (χ4n) is 4.73. The Labute approximate surface area is 206 Å². The topological polar surface area (TPSA) is 67.8 Å². The molecule has 0 saturated carbocycles. The molecule has 2 aromatic carbocycles. The van der Waals surface area contributed by atoms with E-state index in [0.29, 0.717) is 44.6 Å². The van der Waals surface area contributed by atoms with E-state index in [0.717, 1.165) is 42.1 Å². The third-order valence-corrected chi connectivity index (χ3v) is 6.76. The number of fused-ring (bicyclic) bond motifs is 1. The van der Waals surface area contributed by atoms with Crippen molar-refractivity contribution in [2.45, 2.75) is 39.2 Å². The van der Waals surface area contributed by atoms with E-state index in [1.165, 1.54) is 5.56 Å². The van der Waals surface area contributed by atoms with Crippen LogP contribution in [0.5, 0.6) is 11.6 Å². The third-order valence-electron chi connectivity index (χ3n) is 6.76. The molecule has 3 aromatic rings. The van der Waals surface area contributed by atoms with E-state index in [9.17, 15) is 4.79 Å². The summed E-state index contributed by atoms with van der Waals surface area (Å²) in [5.41, 5.74) is 4.07. The summed E-state index contributed by atoms with van der Waals surface area (Å²) < 4.78 is 11.8. The van der Waals surface area contributed by atoms with Crippen molar-refractivity contribution in [3.8, 4) is 11.6 Å². The summed E-state index contributed by atoms with van der Waals surface area (Å²) >= 11 is 0. The molecule has 0 bridgehead atoms. The molecule has 0 N–H and O–H groups in total. The lowest BCUT2D eigenvalue weighted by atomic mass is 9.94. The lowest BCUT2D eigenvalue weighted by Gasteiger charge is -2.33. The Hall–Kier alpha value is -3.45. The Morgan fingerprint density at radius 2 is 1.77 bits per heavy atom. The number of nitrogens with zero attached hydrogens (tertiary/aromatic N) is 4. The zero-order valence-electron chi connectivity index (χ0n) is 20.4. The summed E-state index contributed by atoms with van der Waals surface area (Å²) in [6, 6.07) is 18.0. The van der Waals surface area contributed by atoms with Gasteiger partial charge in [0.1, 0.15) is 5.75 Å². The van der Waals surface area contributed by atoms with Crippen LogP contribution in [0.25, 0.3) is 0 Å². The number of anilines is 1. The Kier molecular flexibility index (Phi) is 6.95. The van der Waals surface area contributed by atoms with Crippen molar-refractivity contribution in [1.82, 2.24) is 14.9 Å². The smallest absolute Gasteiger partial charge is 0.230 e. The standard InChI is InChI=1S/C28H32N4O3/c1-3-23(21-7-5-4-6-8-21)27(33)32-14-13-25-24(19-32)26(35-22-11-9-20(2)10-12-22)30-28(29-25)31-15-17-34-18-16-31/h4-12,23H,3,13-19H2,1-2H3. The van der Waals surface area contributed by atoms with Crippen molar-refractivity contribution >= 4 is 11.9 Å². The van der Waals surface area contributed by atoms with Crippen LogP contribution < -0.4 is 9.64 Å². The van der Waals surface area contributed by atoms with Gasteiger partial charge in [0, 0.05) is 26.1 Å². The fraction of sp³-hybridized carbons (Fsp3) is 0.393. The maximum absolute atomic E-state index is 13.6. The van der Waals surface area contributed by atoms with Crippen molar-refractivity contribution in [3.63, 3.8) is 0 Å². The van der Waals surface area contributed by atoms with Gasteiger partial charge in [-0.2, -0.15) is 4.98 Å². The molecule has 1 atom stereocenters. The quantitative estimate of drug-likeness (QED) is 0.527. The summed E-state index contributed by atoms with van der Waals surface area (Å²) in [7, 11) is 0. The normalized spacial score (nSPS) is 16.5. The summed E-state index contributed by atoms with van der Waals surface area (Å²) in [5, 5.41) is 0. The first-order chi connectivity index (χ1) is 17.1. The molecule has 182 valence electrons. The van der Waals surface area contributed by atoms with Crippen molar-refractivity contribution < 1.29 is 14.3 Å². The Balaban J connectivity index is 1.46. The van der Waals surface area contributed by atoms with Crippen LogP contribution in [0.1, 0.15) is 41.6 Å². The zero-order valence-corrected chi connectivity index (χ0v) is 20.4. The molecular formula is C28H32N4O3. The minimum atomic E-state index is -0.159. The molecule has 7 nitrogen and oxygen atoms in total. The number of carbonyl (C=O) groups excluding carboxylic acids is 1. The SMILES string of the molecule is CCC(C(=O)N1CCc2nc(N3CCOCC3)nc(Oc3ccc(C)cc3)c2C1)c1ccccc1. The van der Waals surface area contributed by atoms with E-state index in [-0.39, 0.29) is 11.8 Å². The maximum Gasteiger partial charge on any atom is 0.230 e. The Morgan fingerprint density at radius 1 is 1.03 bits per heavy atom. The maximum atomic E-state index is 13.6. The molecule has 0 spiro atoms. The molecule has 2 aliphatic rings. The fourth-order valence-corrected chi connectivity index (χ4v) is 4.73. The van der Waals surface area contributed by atoms with Gasteiger partial charge in [0.15, 0.2) is 0 Å². The van der Waals surface area contributed by atoms with Gasteiger partial charge in [0.05, 0.1) is 36.9 Å². The molecule has 7 heteroatoms. The van der Waals surface area contributed by atoms with Crippen LogP contribution >= 0.6 is 0 Å². The molecule has 0 radical (unpaired) electrons. The zero-order chi connectivity index (χ0) is 24.2. The molecule has 35 heavy (non-hydrogen) atoms. The van der Waals surface area contributed by atoms with Gasteiger partial charge in [-0.1, -0.05) is 55.0 Å². The highest BCUT2D eigenvalue weighted by molar-refractivity contribution is 5.84. The van der Waals surface area contributed by atoms with E-state index < -0.39 is 0 Å². The van der Waals surface area contributed by atoms with Gasteiger partial charge in [-0.15, -0.1) is 0 Å². The molecule has 1 saturated heterocycles. The summed E-state index contributed by atoms with van der Waals surface area (Å²) in [6.45, 7) is 8.03. The highest BCUT2D eigenvalue weighted by Crippen LogP contribution is 2.33. The van der Waals surface area contributed by atoms with Crippen LogP contribution in [-0.2, 0) is 22.5 Å². The molecule has 3 heterocycles. The first-order valence-electron chi connectivity index (χ1n) is 12.4. The number of carbonyl (C=O) groups is 1. The van der Waals surface area contributed by atoms with Crippen molar-refractivity contribution in [2.24, 2.45) is 0 Å². The van der Waals surface area contributed by atoms with Gasteiger partial charge < -0.3 is 19.3 Å². The number of rotatable bonds is 6. The van der Waals surface area contributed by atoms with Gasteiger partial charge in [0.25, 0.3) is 0 Å². The average molecular weight is 473 g/mol. The van der Waals surface area contributed by atoms with E-state index >= 15 is 0 Å². The first kappa shape index (κ1) is 23.3. The summed E-state index contributed by atoms with van der Waals surface area (Å²) in [6.07, 6.45) is 1.43. The first-order valence-corrected chi connectivity index (χ1v) is 12.4. The van der Waals surface area contributed by atoms with E-state index in [4.69, 9.17) is 19.4 Å². The number of ether oxygens (including phenoxy) is 2. The van der Waals surface area contributed by atoms with Gasteiger partial charge in [0.2, 0.25) is 17.7 Å². The van der Waals surface area contributed by atoms with Crippen LogP contribution in [-0.4, -0.2) is 53.6 Å². The molecule has 1 fully saturated rings. The van der Waals surface area contributed by atoms with Crippen molar-refractivity contribution in [1.29, 1.82) is 0 Å². The number of benzene rings is 2. The monoisotopic (exact) mass is 472 g/mol. The average Bonchev–Trinajstić information content (AvgIpc) is 2.91. The largest absolute Gasteiger partial charge is 0.438 e. The summed E-state index contributed by atoms with van der Waals surface area (Å²) in [4.78, 5) is 27.4. The summed E-state index contributed by atoms with van der Waals surface area (Å²) in [5.74, 6) is 1.91. The van der Waals surface area contributed by atoms with Crippen LogP contribution in [0.4, 0.5) is 5.95 Å². The molecule has 0 aliphatic carbocycles. The number of aryl methyl sites for hydroxylation is 1. The van der Waals surface area contributed by atoms with E-state index in [1.807, 2.05) is 66.4 Å². The molecule has 1 aromatic heterocycles. The van der Waals surface area contributed by atoms with Crippen LogP contribution in [0.15, 0.2) is 54.6 Å². The Bertz CT molecular complexity index is 1160. The number of morpholine rings is 1. The second-order valence-corrected chi connectivity index (χ2v) is 9.15. The van der Waals surface area contributed by atoms with Gasteiger partial charge in [-0.05, 0) is 31.0 Å². The molecule has 1 amide bonds. The molecule has 5 rings (SSSR count). The molecular weight excluding hydrogens is 440 g/mol. The van der Waals surface area contributed by atoms with Crippen LogP contribution in [0.3, 0.4) is 0 Å². The second kappa shape index (κ2) is 10.4. The van der Waals surface area contributed by atoms with E-state index in [2.05, 4.69) is 11.8 Å². The highest BCUT2D eigenvalue weighted by atomic mass is 16.5. The predicted octanol–water partition coefficient (Wildman–Crippen LogP) is 4.49. The van der Waals surface area contributed by atoms with Crippen molar-refractivity contribution in [3.05, 3.63) is 77.0 Å². The Morgan fingerprint density at radius 3 is 2.49 bits per heavy atom.